The van der Waals surface area contributed by atoms with Crippen LogP contribution in [0.25, 0.3) is 0 Å². The monoisotopic (exact) mass is 368 g/mol. The van der Waals surface area contributed by atoms with E-state index in [1.807, 2.05) is 61.5 Å². The van der Waals surface area contributed by atoms with E-state index in [4.69, 9.17) is 4.74 Å². The molecule has 26 heavy (non-hydrogen) atoms. The number of hydrogen-bond acceptors (Lipinski definition) is 4. The van der Waals surface area contributed by atoms with Gasteiger partial charge in [0.15, 0.2) is 5.75 Å². The lowest BCUT2D eigenvalue weighted by atomic mass is 10.2. The van der Waals surface area contributed by atoms with Gasteiger partial charge in [0.2, 0.25) is 11.8 Å². The van der Waals surface area contributed by atoms with E-state index in [9.17, 15) is 9.59 Å². The molecule has 0 aliphatic carbocycles. The van der Waals surface area contributed by atoms with Gasteiger partial charge in [0.25, 0.3) is 0 Å². The predicted octanol–water partition coefficient (Wildman–Crippen LogP) is 3.87. The summed E-state index contributed by atoms with van der Waals surface area (Å²) in [5.41, 5.74) is 0.603. The summed E-state index contributed by atoms with van der Waals surface area (Å²) in [5.74, 6) is 1.80. The summed E-state index contributed by atoms with van der Waals surface area (Å²) in [7, 11) is 0. The molecule has 2 amide bonds. The van der Waals surface area contributed by atoms with Crippen LogP contribution in [0.4, 0.5) is 5.69 Å². The maximum absolute atomic E-state index is 12.9. The molecule has 0 saturated carbocycles. The first-order valence-electron chi connectivity index (χ1n) is 8.66. The molecule has 134 valence electrons. The van der Waals surface area contributed by atoms with Gasteiger partial charge in [-0.3, -0.25) is 9.59 Å². The summed E-state index contributed by atoms with van der Waals surface area (Å²) in [6.07, 6.45) is 1.31. The molecule has 0 spiro atoms. The number of ether oxygens (including phenoxy) is 1. The maximum atomic E-state index is 12.9. The molecule has 0 unspecified atom stereocenters. The number of amides is 2. The van der Waals surface area contributed by atoms with Gasteiger partial charge in [0.05, 0.1) is 10.6 Å². The lowest BCUT2D eigenvalue weighted by Crippen LogP contribution is -2.48. The van der Waals surface area contributed by atoms with Crippen LogP contribution in [0.2, 0.25) is 0 Å². The number of benzene rings is 2. The zero-order chi connectivity index (χ0) is 18.1. The number of rotatable bonds is 4. The summed E-state index contributed by atoms with van der Waals surface area (Å²) in [5, 5.41) is 2.95. The molecule has 6 heteroatoms. The van der Waals surface area contributed by atoms with Gasteiger partial charge in [-0.2, -0.15) is 0 Å². The van der Waals surface area contributed by atoms with Gasteiger partial charge >= 0.3 is 0 Å². The van der Waals surface area contributed by atoms with Gasteiger partial charge in [0.1, 0.15) is 11.8 Å². The summed E-state index contributed by atoms with van der Waals surface area (Å²) in [6, 6.07) is 16.3. The molecule has 0 radical (unpaired) electrons. The van der Waals surface area contributed by atoms with E-state index in [-0.39, 0.29) is 16.7 Å². The predicted molar refractivity (Wildman–Crippen MR) is 102 cm³/mol. The van der Waals surface area contributed by atoms with Crippen LogP contribution in [-0.4, -0.2) is 33.4 Å². The number of hydrogen-bond donors (Lipinski definition) is 1. The Bertz CT molecular complexity index is 842. The molecule has 2 aliphatic heterocycles. The number of nitrogens with zero attached hydrogens (tertiary/aromatic N) is 1. The van der Waals surface area contributed by atoms with E-state index < -0.39 is 6.04 Å². The molecule has 0 bridgehead atoms. The van der Waals surface area contributed by atoms with Crippen molar-refractivity contribution in [2.45, 2.75) is 30.7 Å². The van der Waals surface area contributed by atoms with Crippen molar-refractivity contribution < 1.29 is 14.3 Å². The smallest absolute Gasteiger partial charge is 0.248 e. The SMILES string of the molecule is C[C@@]12CCC(=O)N1[C@H](C(=O)Nc1ccccc1Oc1ccccc1)CS2. The average Bonchev–Trinajstić information content (AvgIpc) is 3.14. The van der Waals surface area contributed by atoms with E-state index >= 15 is 0 Å². The van der Waals surface area contributed by atoms with E-state index in [1.54, 1.807) is 16.7 Å². The Balaban J connectivity index is 1.53. The molecular weight excluding hydrogens is 348 g/mol. The number of fused-ring (bicyclic) bond motifs is 1. The lowest BCUT2D eigenvalue weighted by molar-refractivity contribution is -0.135. The first kappa shape index (κ1) is 17.0. The zero-order valence-electron chi connectivity index (χ0n) is 14.5. The zero-order valence-corrected chi connectivity index (χ0v) is 15.3. The Kier molecular flexibility index (Phi) is 4.36. The first-order valence-corrected chi connectivity index (χ1v) is 9.64. The van der Waals surface area contributed by atoms with Gasteiger partial charge < -0.3 is 15.0 Å². The van der Waals surface area contributed by atoms with Crippen LogP contribution in [-0.2, 0) is 9.59 Å². The molecule has 4 rings (SSSR count). The third kappa shape index (κ3) is 3.05. The lowest BCUT2D eigenvalue weighted by Gasteiger charge is -2.30. The quantitative estimate of drug-likeness (QED) is 0.890. The fourth-order valence-electron chi connectivity index (χ4n) is 3.51. The summed E-state index contributed by atoms with van der Waals surface area (Å²) in [4.78, 5) is 26.6. The number of thioether (sulfide) groups is 1. The highest BCUT2D eigenvalue weighted by Gasteiger charge is 2.52. The van der Waals surface area contributed by atoms with Crippen molar-refractivity contribution in [3.63, 3.8) is 0 Å². The van der Waals surface area contributed by atoms with E-state index in [0.29, 0.717) is 29.4 Å². The molecule has 2 fully saturated rings. The fourth-order valence-corrected chi connectivity index (χ4v) is 4.94. The van der Waals surface area contributed by atoms with Crippen molar-refractivity contribution >= 4 is 29.3 Å². The fraction of sp³-hybridized carbons (Fsp3) is 0.300. The van der Waals surface area contributed by atoms with Gasteiger partial charge in [-0.15, -0.1) is 11.8 Å². The van der Waals surface area contributed by atoms with Crippen molar-refractivity contribution in [3.8, 4) is 11.5 Å². The molecule has 5 nitrogen and oxygen atoms in total. The Morgan fingerprint density at radius 2 is 1.92 bits per heavy atom. The highest BCUT2D eigenvalue weighted by molar-refractivity contribution is 8.01. The second-order valence-electron chi connectivity index (χ2n) is 6.67. The normalized spacial score (nSPS) is 24.4. The molecule has 2 atom stereocenters. The van der Waals surface area contributed by atoms with Crippen LogP contribution in [0.5, 0.6) is 11.5 Å². The number of carbonyl (C=O) groups excluding carboxylic acids is 2. The van der Waals surface area contributed by atoms with Crippen molar-refractivity contribution in [1.82, 2.24) is 4.90 Å². The van der Waals surface area contributed by atoms with Crippen molar-refractivity contribution in [1.29, 1.82) is 0 Å². The minimum atomic E-state index is -0.440. The topological polar surface area (TPSA) is 58.6 Å². The maximum Gasteiger partial charge on any atom is 0.248 e. The summed E-state index contributed by atoms with van der Waals surface area (Å²) < 4.78 is 5.90. The van der Waals surface area contributed by atoms with Gasteiger partial charge in [-0.1, -0.05) is 30.3 Å². The number of nitrogens with one attached hydrogen (secondary N) is 1. The average molecular weight is 368 g/mol. The Morgan fingerprint density at radius 3 is 2.73 bits per heavy atom. The second kappa shape index (κ2) is 6.68. The number of para-hydroxylation sites is 3. The standard InChI is InChI=1S/C20H20N2O3S/c1-20-12-11-18(23)22(20)16(13-26-20)19(24)21-15-9-5-6-10-17(15)25-14-7-3-2-4-8-14/h2-10,16H,11-13H2,1H3,(H,21,24)/t16-,20+/m0/s1. The Hall–Kier alpha value is -2.47. The first-order chi connectivity index (χ1) is 12.6. The van der Waals surface area contributed by atoms with E-state index in [0.717, 1.165) is 6.42 Å². The summed E-state index contributed by atoms with van der Waals surface area (Å²) >= 11 is 1.69. The van der Waals surface area contributed by atoms with Crippen molar-refractivity contribution in [2.75, 3.05) is 11.1 Å². The molecule has 2 aromatic rings. The molecule has 0 aromatic heterocycles. The van der Waals surface area contributed by atoms with Gasteiger partial charge in [0, 0.05) is 12.2 Å². The van der Waals surface area contributed by atoms with Crippen LogP contribution < -0.4 is 10.1 Å². The van der Waals surface area contributed by atoms with Crippen molar-refractivity contribution in [2.24, 2.45) is 0 Å². The minimum Gasteiger partial charge on any atom is -0.455 e. The van der Waals surface area contributed by atoms with Crippen LogP contribution in [0.15, 0.2) is 54.6 Å². The number of anilines is 1. The van der Waals surface area contributed by atoms with Gasteiger partial charge in [-0.05, 0) is 37.6 Å². The van der Waals surface area contributed by atoms with E-state index in [2.05, 4.69) is 5.32 Å². The van der Waals surface area contributed by atoms with Crippen LogP contribution in [0.3, 0.4) is 0 Å². The molecule has 2 aromatic carbocycles. The third-order valence-corrected chi connectivity index (χ3v) is 6.37. The van der Waals surface area contributed by atoms with Crippen LogP contribution in [0.1, 0.15) is 19.8 Å². The molecular formula is C20H20N2O3S. The molecule has 1 N–H and O–H groups in total. The Labute approximate surface area is 156 Å². The molecule has 2 saturated heterocycles. The number of carbonyl (C=O) groups is 2. The molecule has 2 aliphatic rings. The third-order valence-electron chi connectivity index (χ3n) is 4.86. The van der Waals surface area contributed by atoms with Crippen molar-refractivity contribution in [3.05, 3.63) is 54.6 Å². The van der Waals surface area contributed by atoms with Crippen LogP contribution >= 0.6 is 11.8 Å². The highest BCUT2D eigenvalue weighted by atomic mass is 32.2. The molecule has 2 heterocycles. The minimum absolute atomic E-state index is 0.0615. The Morgan fingerprint density at radius 1 is 1.19 bits per heavy atom. The largest absolute Gasteiger partial charge is 0.455 e. The summed E-state index contributed by atoms with van der Waals surface area (Å²) in [6.45, 7) is 2.04. The van der Waals surface area contributed by atoms with E-state index in [1.165, 1.54) is 0 Å². The van der Waals surface area contributed by atoms with Crippen LogP contribution in [0, 0.1) is 0 Å². The second-order valence-corrected chi connectivity index (χ2v) is 8.17. The van der Waals surface area contributed by atoms with Gasteiger partial charge in [-0.25, -0.2) is 0 Å². The highest BCUT2D eigenvalue weighted by Crippen LogP contribution is 2.47.